The summed E-state index contributed by atoms with van der Waals surface area (Å²) in [5.74, 6) is -0.233. The first-order valence-electron chi connectivity index (χ1n) is 4.36. The summed E-state index contributed by atoms with van der Waals surface area (Å²) in [6.45, 7) is 6.19. The normalized spacial score (nSPS) is 26.3. The third kappa shape index (κ3) is 2.79. The van der Waals surface area contributed by atoms with Crippen molar-refractivity contribution in [2.45, 2.75) is 26.3 Å². The smallest absolute Gasteiger partial charge is 0.322 e. The second kappa shape index (κ2) is 4.42. The van der Waals surface area contributed by atoms with Crippen molar-refractivity contribution >= 4 is 5.97 Å². The van der Waals surface area contributed by atoms with Crippen LogP contribution in [0.1, 0.15) is 20.3 Å². The van der Waals surface area contributed by atoms with E-state index >= 15 is 0 Å². The van der Waals surface area contributed by atoms with Crippen molar-refractivity contribution in [1.29, 1.82) is 0 Å². The van der Waals surface area contributed by atoms with Crippen LogP contribution in [0.25, 0.3) is 0 Å². The monoisotopic (exact) mass is 172 g/mol. The number of nitrogens with one attached hydrogen (secondary N) is 1. The van der Waals surface area contributed by atoms with E-state index in [1.807, 2.05) is 6.92 Å². The quantitative estimate of drug-likeness (QED) is 0.611. The second-order valence-corrected chi connectivity index (χ2v) is 3.13. The summed E-state index contributed by atoms with van der Waals surface area (Å²) >= 11 is 0. The van der Waals surface area contributed by atoms with Gasteiger partial charge in [-0.05, 0) is 19.9 Å². The molecule has 1 saturated heterocycles. The van der Waals surface area contributed by atoms with Gasteiger partial charge in [0.2, 0.25) is 0 Å². The predicted octanol–water partition coefficient (Wildman–Crippen LogP) is 0.148. The maximum atomic E-state index is 10.7. The molecule has 0 amide bonds. The Bertz CT molecular complexity index is 161. The summed E-state index contributed by atoms with van der Waals surface area (Å²) in [6.07, 6.45) is 1.03. The lowest BCUT2D eigenvalue weighted by Gasteiger charge is -2.23. The fourth-order valence-electron chi connectivity index (χ4n) is 1.29. The SMILES string of the molecule is CC(=O)ON1CCCNCC1C. The van der Waals surface area contributed by atoms with Crippen molar-refractivity contribution in [3.05, 3.63) is 0 Å². The molecule has 1 aliphatic rings. The van der Waals surface area contributed by atoms with Crippen LogP contribution < -0.4 is 5.32 Å². The van der Waals surface area contributed by atoms with Gasteiger partial charge in [-0.25, -0.2) is 0 Å². The van der Waals surface area contributed by atoms with Gasteiger partial charge in [0.25, 0.3) is 0 Å². The van der Waals surface area contributed by atoms with E-state index in [-0.39, 0.29) is 12.0 Å². The molecule has 1 N–H and O–H groups in total. The molecule has 1 unspecified atom stereocenters. The summed E-state index contributed by atoms with van der Waals surface area (Å²) in [7, 11) is 0. The van der Waals surface area contributed by atoms with Gasteiger partial charge in [0.1, 0.15) is 0 Å². The minimum absolute atomic E-state index is 0.233. The van der Waals surface area contributed by atoms with Gasteiger partial charge in [0, 0.05) is 20.0 Å². The minimum Gasteiger partial charge on any atom is -0.368 e. The van der Waals surface area contributed by atoms with E-state index in [1.54, 1.807) is 5.06 Å². The van der Waals surface area contributed by atoms with E-state index in [9.17, 15) is 4.79 Å². The van der Waals surface area contributed by atoms with Crippen molar-refractivity contribution in [2.75, 3.05) is 19.6 Å². The molecule has 0 saturated carbocycles. The van der Waals surface area contributed by atoms with Gasteiger partial charge in [-0.1, -0.05) is 0 Å². The Morgan fingerprint density at radius 2 is 2.42 bits per heavy atom. The first-order chi connectivity index (χ1) is 5.70. The third-order valence-corrected chi connectivity index (χ3v) is 1.91. The van der Waals surface area contributed by atoms with Crippen LogP contribution in [0.15, 0.2) is 0 Å². The number of carbonyl (C=O) groups is 1. The molecule has 0 aliphatic carbocycles. The zero-order valence-corrected chi connectivity index (χ0v) is 7.67. The molecule has 4 nitrogen and oxygen atoms in total. The maximum absolute atomic E-state index is 10.7. The standard InChI is InChI=1S/C8H16N2O2/c1-7-6-9-4-3-5-10(7)12-8(2)11/h7,9H,3-6H2,1-2H3. The first-order valence-corrected chi connectivity index (χ1v) is 4.36. The molecule has 0 radical (unpaired) electrons. The van der Waals surface area contributed by atoms with E-state index in [2.05, 4.69) is 5.32 Å². The van der Waals surface area contributed by atoms with E-state index in [0.29, 0.717) is 0 Å². The van der Waals surface area contributed by atoms with Crippen LogP contribution in [0.4, 0.5) is 0 Å². The van der Waals surface area contributed by atoms with Gasteiger partial charge < -0.3 is 10.2 Å². The zero-order valence-electron chi connectivity index (χ0n) is 7.67. The molecule has 0 aromatic carbocycles. The summed E-state index contributed by atoms with van der Waals surface area (Å²) in [6, 6.07) is 0.274. The number of hydrogen-bond donors (Lipinski definition) is 1. The maximum Gasteiger partial charge on any atom is 0.322 e. The average molecular weight is 172 g/mol. The van der Waals surface area contributed by atoms with Crippen molar-refractivity contribution < 1.29 is 9.63 Å². The minimum atomic E-state index is -0.233. The largest absolute Gasteiger partial charge is 0.368 e. The van der Waals surface area contributed by atoms with Gasteiger partial charge in [-0.15, -0.1) is 5.06 Å². The fourth-order valence-corrected chi connectivity index (χ4v) is 1.29. The van der Waals surface area contributed by atoms with Crippen LogP contribution in [0.5, 0.6) is 0 Å². The zero-order chi connectivity index (χ0) is 8.97. The molecule has 1 aliphatic heterocycles. The second-order valence-electron chi connectivity index (χ2n) is 3.13. The summed E-state index contributed by atoms with van der Waals surface area (Å²) < 4.78 is 0. The molecular formula is C8H16N2O2. The van der Waals surface area contributed by atoms with Crippen LogP contribution in [-0.4, -0.2) is 36.7 Å². The Labute approximate surface area is 72.8 Å². The molecule has 0 aromatic heterocycles. The highest BCUT2D eigenvalue weighted by Crippen LogP contribution is 2.04. The molecule has 70 valence electrons. The summed E-state index contributed by atoms with van der Waals surface area (Å²) in [4.78, 5) is 15.7. The van der Waals surface area contributed by atoms with Gasteiger partial charge in [-0.2, -0.15) is 0 Å². The Hall–Kier alpha value is -0.610. The highest BCUT2D eigenvalue weighted by Gasteiger charge is 2.18. The molecule has 1 heterocycles. The van der Waals surface area contributed by atoms with Crippen molar-refractivity contribution in [1.82, 2.24) is 10.4 Å². The summed E-state index contributed by atoms with van der Waals surface area (Å²) in [5, 5.41) is 5.02. The number of nitrogens with zero attached hydrogens (tertiary/aromatic N) is 1. The molecular weight excluding hydrogens is 156 g/mol. The van der Waals surface area contributed by atoms with Gasteiger partial charge in [0.05, 0.1) is 6.04 Å². The Kier molecular flexibility index (Phi) is 3.49. The average Bonchev–Trinajstić information content (AvgIpc) is 2.16. The van der Waals surface area contributed by atoms with Crippen LogP contribution in [0.3, 0.4) is 0 Å². The Morgan fingerprint density at radius 1 is 1.67 bits per heavy atom. The van der Waals surface area contributed by atoms with Crippen LogP contribution >= 0.6 is 0 Å². The van der Waals surface area contributed by atoms with E-state index in [4.69, 9.17) is 4.84 Å². The van der Waals surface area contributed by atoms with Crippen molar-refractivity contribution in [2.24, 2.45) is 0 Å². The third-order valence-electron chi connectivity index (χ3n) is 1.91. The Morgan fingerprint density at radius 3 is 3.08 bits per heavy atom. The van der Waals surface area contributed by atoms with Crippen LogP contribution in [-0.2, 0) is 9.63 Å². The lowest BCUT2D eigenvalue weighted by atomic mass is 10.3. The lowest BCUT2D eigenvalue weighted by Crippen LogP contribution is -2.38. The Balaban J connectivity index is 2.41. The van der Waals surface area contributed by atoms with Crippen LogP contribution in [0, 0.1) is 0 Å². The predicted molar refractivity (Wildman–Crippen MR) is 45.4 cm³/mol. The number of hydroxylamine groups is 2. The number of hydrogen-bond acceptors (Lipinski definition) is 4. The highest BCUT2D eigenvalue weighted by molar-refractivity contribution is 5.65. The molecule has 4 heteroatoms. The summed E-state index contributed by atoms with van der Waals surface area (Å²) in [5.41, 5.74) is 0. The fraction of sp³-hybridized carbons (Fsp3) is 0.875. The molecule has 1 rings (SSSR count). The van der Waals surface area contributed by atoms with Crippen molar-refractivity contribution in [3.8, 4) is 0 Å². The first kappa shape index (κ1) is 9.48. The highest BCUT2D eigenvalue weighted by atomic mass is 16.7. The molecule has 1 fully saturated rings. The van der Waals surface area contributed by atoms with Crippen molar-refractivity contribution in [3.63, 3.8) is 0 Å². The lowest BCUT2D eigenvalue weighted by molar-refractivity contribution is -0.196. The van der Waals surface area contributed by atoms with E-state index < -0.39 is 0 Å². The number of carbonyl (C=O) groups excluding carboxylic acids is 1. The molecule has 0 aromatic rings. The molecule has 0 bridgehead atoms. The topological polar surface area (TPSA) is 41.6 Å². The van der Waals surface area contributed by atoms with Crippen LogP contribution in [0.2, 0.25) is 0 Å². The molecule has 12 heavy (non-hydrogen) atoms. The van der Waals surface area contributed by atoms with E-state index in [1.165, 1.54) is 6.92 Å². The number of rotatable bonds is 1. The van der Waals surface area contributed by atoms with Gasteiger partial charge in [-0.3, -0.25) is 4.79 Å². The van der Waals surface area contributed by atoms with Gasteiger partial charge >= 0.3 is 5.97 Å². The van der Waals surface area contributed by atoms with Gasteiger partial charge in [0.15, 0.2) is 0 Å². The molecule has 1 atom stereocenters. The van der Waals surface area contributed by atoms with E-state index in [0.717, 1.165) is 26.1 Å². The molecule has 0 spiro atoms.